The van der Waals surface area contributed by atoms with E-state index in [0.717, 1.165) is 11.6 Å². The highest BCUT2D eigenvalue weighted by Gasteiger charge is 2.23. The average molecular weight is 248 g/mol. The van der Waals surface area contributed by atoms with Gasteiger partial charge in [0.1, 0.15) is 0 Å². The molecule has 0 radical (unpaired) electrons. The van der Waals surface area contributed by atoms with Crippen LogP contribution in [0, 0.1) is 16.0 Å². The highest BCUT2D eigenvalue weighted by atomic mass is 16.6. The van der Waals surface area contributed by atoms with Crippen molar-refractivity contribution in [2.45, 2.75) is 45.1 Å². The van der Waals surface area contributed by atoms with Crippen LogP contribution in [0.4, 0.5) is 11.4 Å². The number of rotatable bonds is 4. The molecule has 1 aromatic rings. The molecule has 18 heavy (non-hydrogen) atoms. The standard InChI is InChI=1S/C14H20N2O2/c1-2-11-5-3-4-6-14(11)15-12-7-9-13(10-8-12)16(17)18/h7-11,14-15H,2-6H2,1H3. The first-order valence-corrected chi connectivity index (χ1v) is 6.71. The predicted molar refractivity (Wildman–Crippen MR) is 72.8 cm³/mol. The van der Waals surface area contributed by atoms with Crippen LogP contribution < -0.4 is 5.32 Å². The number of benzene rings is 1. The third-order valence-electron chi connectivity index (χ3n) is 3.86. The summed E-state index contributed by atoms with van der Waals surface area (Å²) in [6.45, 7) is 2.24. The molecular formula is C14H20N2O2. The van der Waals surface area contributed by atoms with Crippen molar-refractivity contribution >= 4 is 11.4 Å². The number of hydrogen-bond acceptors (Lipinski definition) is 3. The predicted octanol–water partition coefficient (Wildman–Crippen LogP) is 3.98. The molecule has 0 saturated heterocycles. The Bertz CT molecular complexity index is 403. The molecule has 2 unspecified atom stereocenters. The topological polar surface area (TPSA) is 55.2 Å². The first kappa shape index (κ1) is 12.9. The number of nitro groups is 1. The van der Waals surface area contributed by atoms with Crippen molar-refractivity contribution in [3.05, 3.63) is 34.4 Å². The zero-order valence-corrected chi connectivity index (χ0v) is 10.8. The van der Waals surface area contributed by atoms with E-state index in [4.69, 9.17) is 0 Å². The van der Waals surface area contributed by atoms with Gasteiger partial charge < -0.3 is 5.32 Å². The van der Waals surface area contributed by atoms with Gasteiger partial charge in [-0.05, 0) is 30.9 Å². The summed E-state index contributed by atoms with van der Waals surface area (Å²) >= 11 is 0. The maximum atomic E-state index is 10.6. The van der Waals surface area contributed by atoms with Crippen LogP contribution in [0.2, 0.25) is 0 Å². The lowest BCUT2D eigenvalue weighted by Gasteiger charge is -2.32. The number of nitrogens with one attached hydrogen (secondary N) is 1. The molecule has 1 aliphatic rings. The van der Waals surface area contributed by atoms with E-state index in [1.54, 1.807) is 24.3 Å². The third kappa shape index (κ3) is 3.00. The summed E-state index contributed by atoms with van der Waals surface area (Å²) in [6, 6.07) is 7.25. The summed E-state index contributed by atoms with van der Waals surface area (Å²) in [6.07, 6.45) is 6.30. The van der Waals surface area contributed by atoms with Crippen LogP contribution in [0.5, 0.6) is 0 Å². The van der Waals surface area contributed by atoms with Gasteiger partial charge >= 0.3 is 0 Å². The molecule has 0 spiro atoms. The average Bonchev–Trinajstić information content (AvgIpc) is 2.40. The molecule has 4 nitrogen and oxygen atoms in total. The molecule has 2 rings (SSSR count). The van der Waals surface area contributed by atoms with E-state index in [1.807, 2.05) is 0 Å². The summed E-state index contributed by atoms with van der Waals surface area (Å²) in [5.74, 6) is 0.731. The van der Waals surface area contributed by atoms with Gasteiger partial charge in [0.25, 0.3) is 5.69 Å². The summed E-state index contributed by atoms with van der Waals surface area (Å²) in [4.78, 5) is 10.2. The quantitative estimate of drug-likeness (QED) is 0.647. The fourth-order valence-electron chi connectivity index (χ4n) is 2.78. The van der Waals surface area contributed by atoms with Gasteiger partial charge in [0.2, 0.25) is 0 Å². The smallest absolute Gasteiger partial charge is 0.269 e. The molecule has 1 fully saturated rings. The van der Waals surface area contributed by atoms with E-state index < -0.39 is 0 Å². The number of nitrogens with zero attached hydrogens (tertiary/aromatic N) is 1. The van der Waals surface area contributed by atoms with Gasteiger partial charge in [-0.3, -0.25) is 10.1 Å². The Labute approximate surface area is 108 Å². The van der Waals surface area contributed by atoms with Gasteiger partial charge in [0.05, 0.1) is 4.92 Å². The second kappa shape index (κ2) is 5.85. The van der Waals surface area contributed by atoms with Gasteiger partial charge in [-0.15, -0.1) is 0 Å². The molecule has 1 aliphatic carbocycles. The van der Waals surface area contributed by atoms with Gasteiger partial charge in [-0.1, -0.05) is 26.2 Å². The van der Waals surface area contributed by atoms with Crippen LogP contribution in [0.3, 0.4) is 0 Å². The molecule has 2 atom stereocenters. The van der Waals surface area contributed by atoms with E-state index in [-0.39, 0.29) is 10.6 Å². The number of hydrogen-bond donors (Lipinski definition) is 1. The van der Waals surface area contributed by atoms with Gasteiger partial charge in [0.15, 0.2) is 0 Å². The Balaban J connectivity index is 2.01. The molecule has 1 N–H and O–H groups in total. The number of non-ortho nitro benzene ring substituents is 1. The second-order valence-corrected chi connectivity index (χ2v) is 5.01. The lowest BCUT2D eigenvalue weighted by molar-refractivity contribution is -0.384. The van der Waals surface area contributed by atoms with Crippen molar-refractivity contribution in [2.24, 2.45) is 5.92 Å². The van der Waals surface area contributed by atoms with Crippen LogP contribution in [0.25, 0.3) is 0 Å². The zero-order chi connectivity index (χ0) is 13.0. The third-order valence-corrected chi connectivity index (χ3v) is 3.86. The van der Waals surface area contributed by atoms with Crippen molar-refractivity contribution in [3.63, 3.8) is 0 Å². The van der Waals surface area contributed by atoms with Crippen LogP contribution >= 0.6 is 0 Å². The van der Waals surface area contributed by atoms with E-state index in [9.17, 15) is 10.1 Å². The minimum atomic E-state index is -0.362. The van der Waals surface area contributed by atoms with Gasteiger partial charge in [-0.25, -0.2) is 0 Å². The monoisotopic (exact) mass is 248 g/mol. The Hall–Kier alpha value is -1.58. The molecule has 4 heteroatoms. The maximum Gasteiger partial charge on any atom is 0.269 e. The Morgan fingerprint density at radius 2 is 1.94 bits per heavy atom. The molecule has 0 bridgehead atoms. The van der Waals surface area contributed by atoms with Crippen molar-refractivity contribution in [3.8, 4) is 0 Å². The number of anilines is 1. The molecular weight excluding hydrogens is 228 g/mol. The molecule has 0 heterocycles. The fourth-order valence-corrected chi connectivity index (χ4v) is 2.78. The zero-order valence-electron chi connectivity index (χ0n) is 10.8. The van der Waals surface area contributed by atoms with Crippen molar-refractivity contribution < 1.29 is 4.92 Å². The van der Waals surface area contributed by atoms with Crippen LogP contribution in [-0.4, -0.2) is 11.0 Å². The minimum absolute atomic E-state index is 0.149. The van der Waals surface area contributed by atoms with Crippen LogP contribution in [0.1, 0.15) is 39.0 Å². The lowest BCUT2D eigenvalue weighted by atomic mass is 9.83. The van der Waals surface area contributed by atoms with Crippen molar-refractivity contribution in [2.75, 3.05) is 5.32 Å². The first-order valence-electron chi connectivity index (χ1n) is 6.71. The van der Waals surface area contributed by atoms with Gasteiger partial charge in [0, 0.05) is 23.9 Å². The van der Waals surface area contributed by atoms with Crippen LogP contribution in [0.15, 0.2) is 24.3 Å². The first-order chi connectivity index (χ1) is 8.70. The summed E-state index contributed by atoms with van der Waals surface area (Å²) in [5, 5.41) is 14.1. The normalized spacial score (nSPS) is 23.6. The Morgan fingerprint density at radius 1 is 1.28 bits per heavy atom. The lowest BCUT2D eigenvalue weighted by Crippen LogP contribution is -2.31. The molecule has 98 valence electrons. The van der Waals surface area contributed by atoms with E-state index in [1.165, 1.54) is 32.1 Å². The van der Waals surface area contributed by atoms with Gasteiger partial charge in [-0.2, -0.15) is 0 Å². The van der Waals surface area contributed by atoms with Crippen molar-refractivity contribution in [1.82, 2.24) is 0 Å². The molecule has 1 aromatic carbocycles. The highest BCUT2D eigenvalue weighted by Crippen LogP contribution is 2.29. The summed E-state index contributed by atoms with van der Waals surface area (Å²) in [5.41, 5.74) is 1.14. The summed E-state index contributed by atoms with van der Waals surface area (Å²) < 4.78 is 0. The van der Waals surface area contributed by atoms with E-state index >= 15 is 0 Å². The molecule has 0 aliphatic heterocycles. The molecule has 0 aromatic heterocycles. The number of nitro benzene ring substituents is 1. The summed E-state index contributed by atoms with van der Waals surface area (Å²) in [7, 11) is 0. The van der Waals surface area contributed by atoms with E-state index in [2.05, 4.69) is 12.2 Å². The highest BCUT2D eigenvalue weighted by molar-refractivity contribution is 5.49. The molecule has 0 amide bonds. The Morgan fingerprint density at radius 3 is 2.56 bits per heavy atom. The Kier molecular flexibility index (Phi) is 4.18. The fraction of sp³-hybridized carbons (Fsp3) is 0.571. The second-order valence-electron chi connectivity index (χ2n) is 5.01. The van der Waals surface area contributed by atoms with E-state index in [0.29, 0.717) is 6.04 Å². The minimum Gasteiger partial charge on any atom is -0.382 e. The SMILES string of the molecule is CCC1CCCCC1Nc1ccc([N+](=O)[O-])cc1. The maximum absolute atomic E-state index is 10.6. The van der Waals surface area contributed by atoms with Crippen LogP contribution in [-0.2, 0) is 0 Å². The molecule has 1 saturated carbocycles. The largest absolute Gasteiger partial charge is 0.382 e. The van der Waals surface area contributed by atoms with Crippen molar-refractivity contribution in [1.29, 1.82) is 0 Å².